The van der Waals surface area contributed by atoms with Crippen LogP contribution in [0.3, 0.4) is 0 Å². The number of esters is 2. The molecule has 212 valence electrons. The lowest BCUT2D eigenvalue weighted by Gasteiger charge is -2.34. The van der Waals surface area contributed by atoms with E-state index in [1.165, 1.54) is 0 Å². The Morgan fingerprint density at radius 1 is 0.585 bits per heavy atom. The summed E-state index contributed by atoms with van der Waals surface area (Å²) in [6.45, 7) is 4.48. The second kappa shape index (κ2) is 15.5. The van der Waals surface area contributed by atoms with Crippen LogP contribution in [0.15, 0.2) is 121 Å². The van der Waals surface area contributed by atoms with Crippen molar-refractivity contribution < 1.29 is 28.5 Å². The van der Waals surface area contributed by atoms with E-state index in [0.717, 1.165) is 11.1 Å². The quantitative estimate of drug-likeness (QED) is 0.159. The number of hydrogen-bond donors (Lipinski definition) is 0. The van der Waals surface area contributed by atoms with E-state index in [-0.39, 0.29) is 18.6 Å². The molecule has 0 aliphatic heterocycles. The molecule has 0 radical (unpaired) electrons. The molecule has 0 amide bonds. The zero-order valence-electron chi connectivity index (χ0n) is 23.4. The largest absolute Gasteiger partial charge is 0.458 e. The summed E-state index contributed by atoms with van der Waals surface area (Å²) >= 11 is 0. The molecule has 0 spiro atoms. The summed E-state index contributed by atoms with van der Waals surface area (Å²) in [5.74, 6) is -1.38. The van der Waals surface area contributed by atoms with Gasteiger partial charge in [0.2, 0.25) is 0 Å². The molecule has 6 nitrogen and oxygen atoms in total. The Labute approximate surface area is 241 Å². The standard InChI is InChI=1S/C35H36O6/c1-26(33(39-24-29-17-9-4-10-18-29)27(2)38-23-28-15-7-3-8-16-28)32(41-35(37)31-21-13-6-14-22-31)25-40-34(36)30-19-11-5-12-20-30/h3-22,26-27,32-33H,23-25H2,1-2H3. The molecule has 4 rings (SSSR count). The highest BCUT2D eigenvalue weighted by molar-refractivity contribution is 5.90. The molecule has 0 fully saturated rings. The van der Waals surface area contributed by atoms with Crippen LogP contribution in [-0.4, -0.2) is 36.9 Å². The SMILES string of the molecule is CC(OCc1ccccc1)C(OCc1ccccc1)C(C)C(COC(=O)c1ccccc1)OC(=O)c1ccccc1. The van der Waals surface area contributed by atoms with Crippen molar-refractivity contribution in [3.05, 3.63) is 144 Å². The average Bonchev–Trinajstić information content (AvgIpc) is 3.03. The molecule has 0 bridgehead atoms. The van der Waals surface area contributed by atoms with Gasteiger partial charge in [-0.25, -0.2) is 9.59 Å². The Kier molecular flexibility index (Phi) is 11.2. The van der Waals surface area contributed by atoms with Crippen LogP contribution in [0.25, 0.3) is 0 Å². The minimum Gasteiger partial charge on any atom is -0.458 e. The van der Waals surface area contributed by atoms with E-state index >= 15 is 0 Å². The third kappa shape index (κ3) is 9.13. The van der Waals surface area contributed by atoms with Gasteiger partial charge < -0.3 is 18.9 Å². The van der Waals surface area contributed by atoms with Crippen molar-refractivity contribution in [1.29, 1.82) is 0 Å². The van der Waals surface area contributed by atoms with E-state index < -0.39 is 24.1 Å². The normalized spacial score (nSPS) is 13.9. The van der Waals surface area contributed by atoms with Crippen molar-refractivity contribution in [2.45, 2.75) is 45.4 Å². The highest BCUT2D eigenvalue weighted by atomic mass is 16.6. The van der Waals surface area contributed by atoms with Crippen LogP contribution in [0.2, 0.25) is 0 Å². The number of rotatable bonds is 14. The van der Waals surface area contributed by atoms with Crippen molar-refractivity contribution in [2.75, 3.05) is 6.61 Å². The van der Waals surface area contributed by atoms with Crippen molar-refractivity contribution >= 4 is 11.9 Å². The number of carbonyl (C=O) groups is 2. The van der Waals surface area contributed by atoms with Crippen molar-refractivity contribution in [3.8, 4) is 0 Å². The molecule has 0 heterocycles. The second-order valence-electron chi connectivity index (χ2n) is 9.90. The van der Waals surface area contributed by atoms with Gasteiger partial charge in [-0.05, 0) is 42.3 Å². The minimum absolute atomic E-state index is 0.135. The van der Waals surface area contributed by atoms with Crippen LogP contribution in [0.4, 0.5) is 0 Å². The summed E-state index contributed by atoms with van der Waals surface area (Å²) in [5, 5.41) is 0. The molecule has 0 aromatic heterocycles. The molecular weight excluding hydrogens is 516 g/mol. The van der Waals surface area contributed by atoms with E-state index in [2.05, 4.69) is 0 Å². The molecule has 4 aromatic rings. The first-order valence-electron chi connectivity index (χ1n) is 13.8. The van der Waals surface area contributed by atoms with Gasteiger partial charge in [0.15, 0.2) is 0 Å². The summed E-state index contributed by atoms with van der Waals surface area (Å²) in [4.78, 5) is 25.9. The van der Waals surface area contributed by atoms with Crippen LogP contribution >= 0.6 is 0 Å². The molecule has 0 N–H and O–H groups in total. The fraction of sp³-hybridized carbons (Fsp3) is 0.257. The fourth-order valence-corrected chi connectivity index (χ4v) is 4.48. The highest BCUT2D eigenvalue weighted by Gasteiger charge is 2.35. The first-order valence-corrected chi connectivity index (χ1v) is 13.8. The van der Waals surface area contributed by atoms with Gasteiger partial charge in [-0.15, -0.1) is 0 Å². The zero-order valence-corrected chi connectivity index (χ0v) is 23.4. The van der Waals surface area contributed by atoms with E-state index in [4.69, 9.17) is 18.9 Å². The lowest BCUT2D eigenvalue weighted by atomic mass is 9.94. The maximum atomic E-state index is 13.1. The number of benzene rings is 4. The monoisotopic (exact) mass is 552 g/mol. The fourth-order valence-electron chi connectivity index (χ4n) is 4.48. The minimum atomic E-state index is -0.793. The Balaban J connectivity index is 1.54. The van der Waals surface area contributed by atoms with Gasteiger partial charge in [0.1, 0.15) is 12.7 Å². The van der Waals surface area contributed by atoms with Crippen LogP contribution in [0, 0.1) is 5.92 Å². The third-order valence-corrected chi connectivity index (χ3v) is 6.86. The molecule has 6 heteroatoms. The Hall–Kier alpha value is -4.26. The Bertz CT molecular complexity index is 1330. The Morgan fingerprint density at radius 3 is 1.54 bits per heavy atom. The smallest absolute Gasteiger partial charge is 0.338 e. The third-order valence-electron chi connectivity index (χ3n) is 6.86. The summed E-state index contributed by atoms with van der Waals surface area (Å²) in [6.07, 6.45) is -1.64. The topological polar surface area (TPSA) is 71.1 Å². The molecular formula is C35H36O6. The number of hydrogen-bond acceptors (Lipinski definition) is 6. The van der Waals surface area contributed by atoms with Crippen LogP contribution in [0.1, 0.15) is 45.7 Å². The van der Waals surface area contributed by atoms with Crippen molar-refractivity contribution in [2.24, 2.45) is 5.92 Å². The van der Waals surface area contributed by atoms with Crippen LogP contribution in [0.5, 0.6) is 0 Å². The van der Waals surface area contributed by atoms with Gasteiger partial charge in [0, 0.05) is 5.92 Å². The number of ether oxygens (including phenoxy) is 4. The molecule has 0 aliphatic rings. The van der Waals surface area contributed by atoms with Crippen LogP contribution < -0.4 is 0 Å². The van der Waals surface area contributed by atoms with Crippen LogP contribution in [-0.2, 0) is 32.2 Å². The summed E-state index contributed by atoms with van der Waals surface area (Å²) < 4.78 is 24.3. The molecule has 0 saturated carbocycles. The predicted molar refractivity (Wildman–Crippen MR) is 157 cm³/mol. The van der Waals surface area contributed by atoms with Gasteiger partial charge in [-0.3, -0.25) is 0 Å². The lowest BCUT2D eigenvalue weighted by molar-refractivity contribution is -0.127. The maximum absolute atomic E-state index is 13.1. The molecule has 41 heavy (non-hydrogen) atoms. The van der Waals surface area contributed by atoms with E-state index in [9.17, 15) is 9.59 Å². The number of carbonyl (C=O) groups excluding carboxylic acids is 2. The molecule has 0 aliphatic carbocycles. The average molecular weight is 553 g/mol. The van der Waals surface area contributed by atoms with Crippen molar-refractivity contribution in [3.63, 3.8) is 0 Å². The highest BCUT2D eigenvalue weighted by Crippen LogP contribution is 2.24. The molecule has 0 saturated heterocycles. The summed E-state index contributed by atoms with van der Waals surface area (Å²) in [7, 11) is 0. The summed E-state index contributed by atoms with van der Waals surface area (Å²) in [5.41, 5.74) is 2.88. The first-order chi connectivity index (χ1) is 20.0. The maximum Gasteiger partial charge on any atom is 0.338 e. The lowest BCUT2D eigenvalue weighted by Crippen LogP contribution is -2.44. The molecule has 4 aromatic carbocycles. The van der Waals surface area contributed by atoms with E-state index in [1.54, 1.807) is 48.5 Å². The van der Waals surface area contributed by atoms with Crippen molar-refractivity contribution in [1.82, 2.24) is 0 Å². The molecule has 4 atom stereocenters. The molecule has 4 unspecified atom stereocenters. The summed E-state index contributed by atoms with van der Waals surface area (Å²) in [6, 6.07) is 37.2. The van der Waals surface area contributed by atoms with E-state index in [0.29, 0.717) is 24.3 Å². The predicted octanol–water partition coefficient (Wildman–Crippen LogP) is 6.90. The van der Waals surface area contributed by atoms with Gasteiger partial charge in [-0.2, -0.15) is 0 Å². The van der Waals surface area contributed by atoms with Gasteiger partial charge in [-0.1, -0.05) is 104 Å². The second-order valence-corrected chi connectivity index (χ2v) is 9.90. The Morgan fingerprint density at radius 2 is 1.02 bits per heavy atom. The zero-order chi connectivity index (χ0) is 28.9. The van der Waals surface area contributed by atoms with Gasteiger partial charge in [0.05, 0.1) is 36.5 Å². The first kappa shape index (κ1) is 29.7. The van der Waals surface area contributed by atoms with Gasteiger partial charge in [0.25, 0.3) is 0 Å². The van der Waals surface area contributed by atoms with Gasteiger partial charge >= 0.3 is 11.9 Å². The van der Waals surface area contributed by atoms with E-state index in [1.807, 2.05) is 86.6 Å².